The molecule has 35 heavy (non-hydrogen) atoms. The first-order chi connectivity index (χ1) is 16.8. The molecule has 2 fully saturated rings. The fourth-order valence-electron chi connectivity index (χ4n) is 4.56. The molecular formula is C25H29N3O6S. The monoisotopic (exact) mass is 499 g/mol. The van der Waals surface area contributed by atoms with E-state index in [-0.39, 0.29) is 42.5 Å². The van der Waals surface area contributed by atoms with Crippen LogP contribution >= 0.6 is 0 Å². The van der Waals surface area contributed by atoms with Gasteiger partial charge in [-0.3, -0.25) is 9.69 Å². The summed E-state index contributed by atoms with van der Waals surface area (Å²) >= 11 is 0. The Morgan fingerprint density at radius 1 is 1.11 bits per heavy atom. The van der Waals surface area contributed by atoms with Crippen LogP contribution in [-0.4, -0.2) is 60.2 Å². The zero-order chi connectivity index (χ0) is 25.0. The Morgan fingerprint density at radius 2 is 1.77 bits per heavy atom. The third kappa shape index (κ3) is 5.90. The van der Waals surface area contributed by atoms with Crippen LogP contribution in [0.5, 0.6) is 0 Å². The van der Waals surface area contributed by atoms with Crippen LogP contribution in [0.15, 0.2) is 72.1 Å². The maximum Gasteiger partial charge on any atom is 0.407 e. The number of nitrogens with one attached hydrogen (secondary N) is 1. The molecule has 2 heterocycles. The number of hydrogen-bond acceptors (Lipinski definition) is 5. The molecule has 2 amide bonds. The van der Waals surface area contributed by atoms with Gasteiger partial charge >= 0.3 is 6.09 Å². The SMILES string of the molecule is C=CC(=O)NC1CC2CCN(S(=O)(=O)c3ccc(CN(Cc4ccccc4)C(=O)O)cc3)CC2O1. The molecule has 2 aromatic carbocycles. The highest BCUT2D eigenvalue weighted by atomic mass is 32.2. The van der Waals surface area contributed by atoms with E-state index in [2.05, 4.69) is 11.9 Å². The highest BCUT2D eigenvalue weighted by molar-refractivity contribution is 7.89. The third-order valence-electron chi connectivity index (χ3n) is 6.42. The van der Waals surface area contributed by atoms with Gasteiger partial charge in [0, 0.05) is 26.2 Å². The molecule has 186 valence electrons. The van der Waals surface area contributed by atoms with Crippen LogP contribution in [0.4, 0.5) is 4.79 Å². The van der Waals surface area contributed by atoms with Crippen molar-refractivity contribution in [3.8, 4) is 0 Å². The first-order valence-electron chi connectivity index (χ1n) is 11.5. The van der Waals surface area contributed by atoms with E-state index in [9.17, 15) is 23.1 Å². The summed E-state index contributed by atoms with van der Waals surface area (Å²) in [6.45, 7) is 4.41. The van der Waals surface area contributed by atoms with Crippen LogP contribution < -0.4 is 5.32 Å². The highest BCUT2D eigenvalue weighted by Crippen LogP contribution is 2.34. The quantitative estimate of drug-likeness (QED) is 0.540. The Kier molecular flexibility index (Phi) is 7.54. The molecule has 2 saturated heterocycles. The second-order valence-corrected chi connectivity index (χ2v) is 10.7. The average Bonchev–Trinajstić information content (AvgIpc) is 3.26. The van der Waals surface area contributed by atoms with Crippen molar-refractivity contribution in [1.29, 1.82) is 0 Å². The standard InChI is InChI=1S/C25H29N3O6S/c1-2-23(29)26-24-14-20-12-13-28(17-22(20)34-24)35(32,33)21-10-8-19(9-11-21)16-27(25(30)31)15-18-6-4-3-5-7-18/h2-11,20,22,24H,1,12-17H2,(H,26,29)(H,30,31). The number of amides is 2. The van der Waals surface area contributed by atoms with E-state index >= 15 is 0 Å². The van der Waals surface area contributed by atoms with Crippen LogP contribution in [-0.2, 0) is 32.6 Å². The Labute approximate surface area is 205 Å². The Balaban J connectivity index is 1.40. The van der Waals surface area contributed by atoms with Crippen molar-refractivity contribution in [2.75, 3.05) is 13.1 Å². The summed E-state index contributed by atoms with van der Waals surface area (Å²) in [4.78, 5) is 24.7. The molecule has 0 radical (unpaired) electrons. The zero-order valence-electron chi connectivity index (χ0n) is 19.2. The predicted octanol–water partition coefficient (Wildman–Crippen LogP) is 2.79. The first-order valence-corrected chi connectivity index (χ1v) is 12.9. The predicted molar refractivity (Wildman–Crippen MR) is 129 cm³/mol. The van der Waals surface area contributed by atoms with Crippen LogP contribution in [0.3, 0.4) is 0 Å². The molecule has 2 aromatic rings. The average molecular weight is 500 g/mol. The lowest BCUT2D eigenvalue weighted by molar-refractivity contribution is -0.120. The summed E-state index contributed by atoms with van der Waals surface area (Å²) in [5, 5.41) is 12.3. The molecule has 3 atom stereocenters. The van der Waals surface area contributed by atoms with Gasteiger partial charge in [0.1, 0.15) is 6.23 Å². The van der Waals surface area contributed by atoms with Gasteiger partial charge in [0.2, 0.25) is 15.9 Å². The van der Waals surface area contributed by atoms with E-state index in [0.717, 1.165) is 5.56 Å². The van der Waals surface area contributed by atoms with E-state index in [1.165, 1.54) is 27.4 Å². The van der Waals surface area contributed by atoms with E-state index in [1.54, 1.807) is 12.1 Å². The van der Waals surface area contributed by atoms with Crippen molar-refractivity contribution in [1.82, 2.24) is 14.5 Å². The largest absolute Gasteiger partial charge is 0.465 e. The number of piperidine rings is 1. The van der Waals surface area contributed by atoms with Crippen LogP contribution in [0.1, 0.15) is 24.0 Å². The topological polar surface area (TPSA) is 116 Å². The van der Waals surface area contributed by atoms with E-state index in [1.807, 2.05) is 30.3 Å². The number of ether oxygens (including phenoxy) is 1. The molecule has 3 unspecified atom stereocenters. The van der Waals surface area contributed by atoms with Gasteiger partial charge in [-0.15, -0.1) is 0 Å². The number of nitrogens with zero attached hydrogens (tertiary/aromatic N) is 2. The molecule has 9 nitrogen and oxygen atoms in total. The molecule has 0 aliphatic carbocycles. The van der Waals surface area contributed by atoms with Crippen molar-refractivity contribution < 1.29 is 27.9 Å². The van der Waals surface area contributed by atoms with Gasteiger partial charge in [-0.25, -0.2) is 13.2 Å². The molecule has 2 aliphatic rings. The summed E-state index contributed by atoms with van der Waals surface area (Å²) in [5.41, 5.74) is 1.57. The molecule has 10 heteroatoms. The van der Waals surface area contributed by atoms with Crippen molar-refractivity contribution in [2.45, 2.75) is 43.2 Å². The molecule has 0 spiro atoms. The van der Waals surface area contributed by atoms with Gasteiger partial charge in [0.05, 0.1) is 11.0 Å². The van der Waals surface area contributed by atoms with Crippen LogP contribution in [0.25, 0.3) is 0 Å². The normalized spacial score (nSPS) is 22.2. The minimum Gasteiger partial charge on any atom is -0.465 e. The lowest BCUT2D eigenvalue weighted by atomic mass is 9.94. The second-order valence-electron chi connectivity index (χ2n) is 8.79. The van der Waals surface area contributed by atoms with Crippen molar-refractivity contribution >= 4 is 22.0 Å². The van der Waals surface area contributed by atoms with Crippen molar-refractivity contribution in [3.05, 3.63) is 78.4 Å². The maximum atomic E-state index is 13.2. The smallest absolute Gasteiger partial charge is 0.407 e. The van der Waals surface area contributed by atoms with Crippen molar-refractivity contribution in [2.24, 2.45) is 5.92 Å². The van der Waals surface area contributed by atoms with Gasteiger partial charge in [0.15, 0.2) is 0 Å². The van der Waals surface area contributed by atoms with Gasteiger partial charge < -0.3 is 15.2 Å². The van der Waals surface area contributed by atoms with E-state index in [0.29, 0.717) is 24.9 Å². The lowest BCUT2D eigenvalue weighted by Gasteiger charge is -2.33. The molecular weight excluding hydrogens is 470 g/mol. The van der Waals surface area contributed by atoms with Gasteiger partial charge in [-0.2, -0.15) is 4.31 Å². The number of rotatable bonds is 8. The summed E-state index contributed by atoms with van der Waals surface area (Å²) in [6.07, 6.45) is 0.710. The summed E-state index contributed by atoms with van der Waals surface area (Å²) < 4.78 is 33.8. The summed E-state index contributed by atoms with van der Waals surface area (Å²) in [7, 11) is -3.74. The zero-order valence-corrected chi connectivity index (χ0v) is 20.1. The molecule has 2 aliphatic heterocycles. The third-order valence-corrected chi connectivity index (χ3v) is 8.30. The number of sulfonamides is 1. The second kappa shape index (κ2) is 10.6. The fourth-order valence-corrected chi connectivity index (χ4v) is 6.03. The lowest BCUT2D eigenvalue weighted by Crippen LogP contribution is -2.45. The minimum absolute atomic E-state index is 0.143. The first kappa shape index (κ1) is 24.9. The van der Waals surface area contributed by atoms with Gasteiger partial charge in [0.25, 0.3) is 0 Å². The maximum absolute atomic E-state index is 13.2. The van der Waals surface area contributed by atoms with Crippen molar-refractivity contribution in [3.63, 3.8) is 0 Å². The molecule has 0 bridgehead atoms. The summed E-state index contributed by atoms with van der Waals surface area (Å²) in [5.74, 6) is -0.131. The van der Waals surface area contributed by atoms with E-state index < -0.39 is 22.3 Å². The number of carboxylic acid groups (broad SMARTS) is 1. The molecule has 0 saturated carbocycles. The summed E-state index contributed by atoms with van der Waals surface area (Å²) in [6, 6.07) is 15.6. The number of carbonyl (C=O) groups is 2. The van der Waals surface area contributed by atoms with Crippen LogP contribution in [0.2, 0.25) is 0 Å². The Bertz CT molecular complexity index is 1170. The number of carbonyl (C=O) groups excluding carboxylic acids is 1. The molecule has 2 N–H and O–H groups in total. The Hall–Kier alpha value is -3.21. The van der Waals surface area contributed by atoms with Crippen LogP contribution in [0, 0.1) is 5.92 Å². The van der Waals surface area contributed by atoms with E-state index in [4.69, 9.17) is 4.74 Å². The fraction of sp³-hybridized carbons (Fsp3) is 0.360. The number of fused-ring (bicyclic) bond motifs is 1. The van der Waals surface area contributed by atoms with Gasteiger partial charge in [-0.05, 0) is 48.1 Å². The Morgan fingerprint density at radius 3 is 2.40 bits per heavy atom. The van der Waals surface area contributed by atoms with Gasteiger partial charge in [-0.1, -0.05) is 49.0 Å². The number of benzene rings is 2. The number of hydrogen-bond donors (Lipinski definition) is 2. The molecule has 0 aromatic heterocycles. The highest BCUT2D eigenvalue weighted by Gasteiger charge is 2.42. The molecule has 4 rings (SSSR count). The minimum atomic E-state index is -3.74.